The van der Waals surface area contributed by atoms with Gasteiger partial charge in [0.1, 0.15) is 0 Å². The molecular formula is C15H24N2O. The Balaban J connectivity index is 2.12. The number of aryl methyl sites for hydroxylation is 1. The molecule has 1 aromatic heterocycles. The van der Waals surface area contributed by atoms with Gasteiger partial charge in [-0.15, -0.1) is 0 Å². The molecule has 0 aliphatic carbocycles. The van der Waals surface area contributed by atoms with Gasteiger partial charge in [0.2, 0.25) is 5.88 Å². The van der Waals surface area contributed by atoms with Crippen molar-refractivity contribution in [3.05, 3.63) is 23.4 Å². The van der Waals surface area contributed by atoms with Crippen LogP contribution in [0.4, 0.5) is 0 Å². The molecule has 0 saturated carbocycles. The van der Waals surface area contributed by atoms with Crippen LogP contribution in [-0.4, -0.2) is 30.1 Å². The molecule has 3 heteroatoms. The Morgan fingerprint density at radius 3 is 3.00 bits per heavy atom. The Morgan fingerprint density at radius 1 is 1.50 bits per heavy atom. The molecule has 1 aliphatic heterocycles. The van der Waals surface area contributed by atoms with Gasteiger partial charge in [-0.1, -0.05) is 13.3 Å². The van der Waals surface area contributed by atoms with E-state index in [1.54, 1.807) is 7.11 Å². The Kier molecular flexibility index (Phi) is 4.59. The molecule has 0 radical (unpaired) electrons. The quantitative estimate of drug-likeness (QED) is 0.799. The number of rotatable bonds is 5. The second-order valence-corrected chi connectivity index (χ2v) is 5.14. The van der Waals surface area contributed by atoms with Crippen LogP contribution in [-0.2, 0) is 0 Å². The standard InChI is InChI=1S/C15H24N2O/c1-4-5-8-17-9-6-7-14(17)13-10-12(2)15(18-3)16-11-13/h10-11,14H,4-9H2,1-3H3. The third kappa shape index (κ3) is 2.83. The fourth-order valence-corrected chi connectivity index (χ4v) is 2.81. The van der Waals surface area contributed by atoms with Crippen molar-refractivity contribution in [1.29, 1.82) is 0 Å². The van der Waals surface area contributed by atoms with E-state index in [1.165, 1.54) is 44.3 Å². The van der Waals surface area contributed by atoms with Crippen molar-refractivity contribution >= 4 is 0 Å². The first-order chi connectivity index (χ1) is 8.76. The zero-order valence-corrected chi connectivity index (χ0v) is 11.8. The van der Waals surface area contributed by atoms with Crippen LogP contribution in [0, 0.1) is 6.92 Å². The topological polar surface area (TPSA) is 25.4 Å². The number of hydrogen-bond donors (Lipinski definition) is 0. The van der Waals surface area contributed by atoms with Crippen molar-refractivity contribution in [2.24, 2.45) is 0 Å². The summed E-state index contributed by atoms with van der Waals surface area (Å²) < 4.78 is 5.23. The molecule has 0 aromatic carbocycles. The summed E-state index contributed by atoms with van der Waals surface area (Å²) in [5, 5.41) is 0. The largest absolute Gasteiger partial charge is 0.481 e. The first-order valence-electron chi connectivity index (χ1n) is 7.00. The molecule has 1 fully saturated rings. The summed E-state index contributed by atoms with van der Waals surface area (Å²) in [6.07, 6.45) is 7.11. The lowest BCUT2D eigenvalue weighted by Crippen LogP contribution is -2.24. The SMILES string of the molecule is CCCCN1CCCC1c1cnc(OC)c(C)c1. The monoisotopic (exact) mass is 248 g/mol. The van der Waals surface area contributed by atoms with Gasteiger partial charge in [0.05, 0.1) is 7.11 Å². The third-order valence-corrected chi connectivity index (χ3v) is 3.79. The summed E-state index contributed by atoms with van der Waals surface area (Å²) in [7, 11) is 1.68. The summed E-state index contributed by atoms with van der Waals surface area (Å²) in [6.45, 7) is 6.77. The molecule has 0 N–H and O–H groups in total. The predicted molar refractivity (Wildman–Crippen MR) is 74.0 cm³/mol. The van der Waals surface area contributed by atoms with E-state index in [4.69, 9.17) is 4.74 Å². The Labute approximate surface area is 110 Å². The fraction of sp³-hybridized carbons (Fsp3) is 0.667. The van der Waals surface area contributed by atoms with E-state index in [0.29, 0.717) is 6.04 Å². The minimum Gasteiger partial charge on any atom is -0.481 e. The highest BCUT2D eigenvalue weighted by atomic mass is 16.5. The minimum absolute atomic E-state index is 0.564. The maximum absolute atomic E-state index is 5.23. The number of hydrogen-bond acceptors (Lipinski definition) is 3. The summed E-state index contributed by atoms with van der Waals surface area (Å²) >= 11 is 0. The number of aromatic nitrogens is 1. The van der Waals surface area contributed by atoms with Crippen LogP contribution in [0.5, 0.6) is 5.88 Å². The van der Waals surface area contributed by atoms with Crippen molar-refractivity contribution in [3.8, 4) is 5.88 Å². The molecule has 2 rings (SSSR count). The third-order valence-electron chi connectivity index (χ3n) is 3.79. The van der Waals surface area contributed by atoms with E-state index < -0.39 is 0 Å². The number of pyridine rings is 1. The highest BCUT2D eigenvalue weighted by Crippen LogP contribution is 2.33. The average Bonchev–Trinajstić information content (AvgIpc) is 2.84. The molecule has 3 nitrogen and oxygen atoms in total. The van der Waals surface area contributed by atoms with E-state index in [-0.39, 0.29) is 0 Å². The minimum atomic E-state index is 0.564. The summed E-state index contributed by atoms with van der Waals surface area (Å²) in [5.41, 5.74) is 2.49. The second kappa shape index (κ2) is 6.19. The average molecular weight is 248 g/mol. The molecule has 1 saturated heterocycles. The lowest BCUT2D eigenvalue weighted by Gasteiger charge is -2.24. The lowest BCUT2D eigenvalue weighted by molar-refractivity contribution is 0.252. The van der Waals surface area contributed by atoms with Gasteiger partial charge in [0.25, 0.3) is 0 Å². The molecule has 0 bridgehead atoms. The zero-order chi connectivity index (χ0) is 13.0. The number of methoxy groups -OCH3 is 1. The van der Waals surface area contributed by atoms with Crippen molar-refractivity contribution in [1.82, 2.24) is 9.88 Å². The van der Waals surface area contributed by atoms with Gasteiger partial charge in [-0.3, -0.25) is 4.90 Å². The van der Waals surface area contributed by atoms with Crippen molar-refractivity contribution in [2.75, 3.05) is 20.2 Å². The van der Waals surface area contributed by atoms with E-state index in [1.807, 2.05) is 6.20 Å². The van der Waals surface area contributed by atoms with Crippen LogP contribution in [0.3, 0.4) is 0 Å². The van der Waals surface area contributed by atoms with Gasteiger partial charge in [0.15, 0.2) is 0 Å². The smallest absolute Gasteiger partial charge is 0.215 e. The van der Waals surface area contributed by atoms with Crippen molar-refractivity contribution in [3.63, 3.8) is 0 Å². The van der Waals surface area contributed by atoms with Gasteiger partial charge < -0.3 is 4.74 Å². The molecule has 2 heterocycles. The van der Waals surface area contributed by atoms with Gasteiger partial charge in [0, 0.05) is 17.8 Å². The van der Waals surface area contributed by atoms with Crippen LogP contribution in [0.2, 0.25) is 0 Å². The maximum atomic E-state index is 5.23. The van der Waals surface area contributed by atoms with Crippen LogP contribution in [0.25, 0.3) is 0 Å². The molecular weight excluding hydrogens is 224 g/mol. The van der Waals surface area contributed by atoms with Crippen LogP contribution in [0.1, 0.15) is 49.8 Å². The number of unbranched alkanes of at least 4 members (excludes halogenated alkanes) is 1. The molecule has 0 amide bonds. The van der Waals surface area contributed by atoms with Crippen molar-refractivity contribution in [2.45, 2.75) is 45.6 Å². The number of nitrogens with zero attached hydrogens (tertiary/aromatic N) is 2. The van der Waals surface area contributed by atoms with E-state index in [2.05, 4.69) is 29.8 Å². The van der Waals surface area contributed by atoms with E-state index in [0.717, 1.165) is 11.4 Å². The van der Waals surface area contributed by atoms with Gasteiger partial charge in [-0.05, 0) is 50.9 Å². The molecule has 100 valence electrons. The number of likely N-dealkylation sites (tertiary alicyclic amines) is 1. The summed E-state index contributed by atoms with van der Waals surface area (Å²) in [4.78, 5) is 7.01. The van der Waals surface area contributed by atoms with Crippen molar-refractivity contribution < 1.29 is 4.74 Å². The van der Waals surface area contributed by atoms with Gasteiger partial charge in [-0.2, -0.15) is 0 Å². The highest BCUT2D eigenvalue weighted by Gasteiger charge is 2.25. The van der Waals surface area contributed by atoms with Crippen LogP contribution < -0.4 is 4.74 Å². The van der Waals surface area contributed by atoms with E-state index in [9.17, 15) is 0 Å². The molecule has 18 heavy (non-hydrogen) atoms. The molecule has 1 unspecified atom stereocenters. The molecule has 1 atom stereocenters. The Bertz CT molecular complexity index is 392. The normalized spacial score (nSPS) is 20.3. The molecule has 1 aromatic rings. The maximum Gasteiger partial charge on any atom is 0.215 e. The number of ether oxygens (including phenoxy) is 1. The first kappa shape index (κ1) is 13.3. The Morgan fingerprint density at radius 2 is 2.33 bits per heavy atom. The summed E-state index contributed by atoms with van der Waals surface area (Å²) in [6, 6.07) is 2.80. The molecule has 1 aliphatic rings. The van der Waals surface area contributed by atoms with Crippen LogP contribution >= 0.6 is 0 Å². The van der Waals surface area contributed by atoms with Gasteiger partial charge in [-0.25, -0.2) is 4.98 Å². The first-order valence-corrected chi connectivity index (χ1v) is 7.00. The summed E-state index contributed by atoms with van der Waals surface area (Å²) in [5.74, 6) is 0.747. The van der Waals surface area contributed by atoms with E-state index >= 15 is 0 Å². The second-order valence-electron chi connectivity index (χ2n) is 5.14. The predicted octanol–water partition coefficient (Wildman–Crippen LogP) is 3.34. The fourth-order valence-electron chi connectivity index (χ4n) is 2.81. The Hall–Kier alpha value is -1.09. The zero-order valence-electron chi connectivity index (χ0n) is 11.8. The molecule has 0 spiro atoms. The highest BCUT2D eigenvalue weighted by molar-refractivity contribution is 5.30. The lowest BCUT2D eigenvalue weighted by atomic mass is 10.0. The van der Waals surface area contributed by atoms with Crippen LogP contribution in [0.15, 0.2) is 12.3 Å². The van der Waals surface area contributed by atoms with Gasteiger partial charge >= 0.3 is 0 Å².